The number of benzene rings is 2. The maximum Gasteiger partial charge on any atom is 0.338 e. The molecule has 1 heterocycles. The number of nitrogen functional groups attached to an aromatic ring is 1. The minimum Gasteiger partial charge on any atom is -0.462 e. The molecule has 3 rings (SSSR count). The van der Waals surface area contributed by atoms with Gasteiger partial charge in [-0.05, 0) is 50.2 Å². The number of carbonyl (C=O) groups is 3. The highest BCUT2D eigenvalue weighted by molar-refractivity contribution is 7.18. The Bertz CT molecular complexity index is 1150. The summed E-state index contributed by atoms with van der Waals surface area (Å²) >= 11 is 0.981. The van der Waals surface area contributed by atoms with Gasteiger partial charge in [0.2, 0.25) is 11.7 Å². The third kappa shape index (κ3) is 4.75. The zero-order valence-electron chi connectivity index (χ0n) is 17.4. The van der Waals surface area contributed by atoms with Crippen molar-refractivity contribution in [1.82, 2.24) is 4.98 Å². The predicted octanol–water partition coefficient (Wildman–Crippen LogP) is 3.28. The smallest absolute Gasteiger partial charge is 0.338 e. The molecular formula is C22H21FN4O4S. The minimum atomic E-state index is -0.835. The Morgan fingerprint density at radius 3 is 2.25 bits per heavy atom. The molecule has 0 saturated carbocycles. The van der Waals surface area contributed by atoms with E-state index in [1.54, 1.807) is 13.8 Å². The fourth-order valence-electron chi connectivity index (χ4n) is 2.92. The lowest BCUT2D eigenvalue weighted by Gasteiger charge is -2.26. The molecule has 0 bridgehead atoms. The number of amides is 1. The number of nitrogens with two attached hydrogens (primary N) is 2. The van der Waals surface area contributed by atoms with Gasteiger partial charge in [0.1, 0.15) is 22.6 Å². The van der Waals surface area contributed by atoms with Crippen molar-refractivity contribution in [2.24, 2.45) is 5.73 Å². The third-order valence-electron chi connectivity index (χ3n) is 4.62. The number of hydrogen-bond acceptors (Lipinski definition) is 8. The molecule has 0 aliphatic rings. The highest BCUT2D eigenvalue weighted by atomic mass is 32.1. The third-order valence-corrected chi connectivity index (χ3v) is 5.69. The molecule has 1 atom stereocenters. The molecule has 1 unspecified atom stereocenters. The van der Waals surface area contributed by atoms with Crippen LogP contribution in [0.15, 0.2) is 48.5 Å². The topological polar surface area (TPSA) is 129 Å². The van der Waals surface area contributed by atoms with Crippen LogP contribution in [0.4, 0.5) is 21.0 Å². The van der Waals surface area contributed by atoms with Crippen molar-refractivity contribution in [2.45, 2.75) is 19.9 Å². The van der Waals surface area contributed by atoms with Crippen molar-refractivity contribution < 1.29 is 23.5 Å². The second kappa shape index (κ2) is 9.56. The van der Waals surface area contributed by atoms with Crippen LogP contribution in [0.3, 0.4) is 0 Å². The van der Waals surface area contributed by atoms with E-state index in [2.05, 4.69) is 4.98 Å². The summed E-state index contributed by atoms with van der Waals surface area (Å²) in [6.45, 7) is 3.52. The lowest BCUT2D eigenvalue weighted by atomic mass is 10.1. The standard InChI is InChI=1S/C22H21FN4O4S/c1-3-31-21(30)14-6-4-13(5-7-14)17(28)18-19(24)26-22(32-18)27(12(2)20(25)29)16-10-8-15(23)9-11-16/h4-12H,3,24H2,1-2H3,(H2,25,29). The second-order valence-electron chi connectivity index (χ2n) is 6.76. The van der Waals surface area contributed by atoms with E-state index in [9.17, 15) is 18.8 Å². The predicted molar refractivity (Wildman–Crippen MR) is 120 cm³/mol. The Kier molecular flexibility index (Phi) is 6.84. The Balaban J connectivity index is 1.95. The molecule has 8 nitrogen and oxygen atoms in total. The van der Waals surface area contributed by atoms with Crippen molar-refractivity contribution in [2.75, 3.05) is 17.2 Å². The largest absolute Gasteiger partial charge is 0.462 e. The number of esters is 1. The van der Waals surface area contributed by atoms with Crippen molar-refractivity contribution in [3.63, 3.8) is 0 Å². The number of halogens is 1. The highest BCUT2D eigenvalue weighted by Crippen LogP contribution is 2.36. The van der Waals surface area contributed by atoms with Crippen molar-refractivity contribution in [3.05, 3.63) is 70.4 Å². The molecule has 3 aromatic rings. The average molecular weight is 456 g/mol. The fourth-order valence-corrected chi connectivity index (χ4v) is 3.97. The van der Waals surface area contributed by atoms with Gasteiger partial charge >= 0.3 is 5.97 Å². The van der Waals surface area contributed by atoms with Crippen molar-refractivity contribution >= 4 is 45.6 Å². The zero-order chi connectivity index (χ0) is 23.4. The Morgan fingerprint density at radius 1 is 1.09 bits per heavy atom. The first-order chi connectivity index (χ1) is 15.2. The summed E-state index contributed by atoms with van der Waals surface area (Å²) in [6, 6.07) is 10.6. The number of anilines is 3. The zero-order valence-corrected chi connectivity index (χ0v) is 18.2. The van der Waals surface area contributed by atoms with Crippen molar-refractivity contribution in [3.8, 4) is 0 Å². The highest BCUT2D eigenvalue weighted by Gasteiger charge is 2.27. The van der Waals surface area contributed by atoms with E-state index >= 15 is 0 Å². The van der Waals surface area contributed by atoms with Crippen LogP contribution >= 0.6 is 11.3 Å². The average Bonchev–Trinajstić information content (AvgIpc) is 3.15. The van der Waals surface area contributed by atoms with E-state index in [0.717, 1.165) is 11.3 Å². The molecule has 0 saturated heterocycles. The van der Waals surface area contributed by atoms with Gasteiger partial charge in [0, 0.05) is 11.3 Å². The number of thiazole rings is 1. The first-order valence-electron chi connectivity index (χ1n) is 9.65. The van der Waals surface area contributed by atoms with E-state index in [1.165, 1.54) is 53.4 Å². The Morgan fingerprint density at radius 2 is 1.69 bits per heavy atom. The van der Waals surface area contributed by atoms with Crippen LogP contribution in [0.25, 0.3) is 0 Å². The van der Waals surface area contributed by atoms with Gasteiger partial charge in [-0.1, -0.05) is 23.5 Å². The summed E-state index contributed by atoms with van der Waals surface area (Å²) in [5, 5.41) is 0.256. The molecular weight excluding hydrogens is 435 g/mol. The summed E-state index contributed by atoms with van der Waals surface area (Å²) in [5.41, 5.74) is 12.6. The normalized spacial score (nSPS) is 11.6. The van der Waals surface area contributed by atoms with Crippen LogP contribution in [-0.4, -0.2) is 35.3 Å². The molecule has 1 aromatic heterocycles. The number of ketones is 1. The van der Waals surface area contributed by atoms with E-state index in [4.69, 9.17) is 16.2 Å². The van der Waals surface area contributed by atoms with Crippen molar-refractivity contribution in [1.29, 1.82) is 0 Å². The van der Waals surface area contributed by atoms with Gasteiger partial charge in [-0.15, -0.1) is 0 Å². The van der Waals surface area contributed by atoms with Gasteiger partial charge in [0.25, 0.3) is 0 Å². The molecule has 0 fully saturated rings. The molecule has 0 aliphatic heterocycles. The van der Waals surface area contributed by atoms with Crippen LogP contribution < -0.4 is 16.4 Å². The maximum absolute atomic E-state index is 13.4. The summed E-state index contributed by atoms with van der Waals surface area (Å²) < 4.78 is 18.3. The van der Waals surface area contributed by atoms with Crippen LogP contribution in [-0.2, 0) is 9.53 Å². The van der Waals surface area contributed by atoms with Gasteiger partial charge in [-0.2, -0.15) is 0 Å². The number of nitrogens with zero attached hydrogens (tertiary/aromatic N) is 2. The van der Waals surface area contributed by atoms with Crippen LogP contribution in [0.2, 0.25) is 0 Å². The van der Waals surface area contributed by atoms with E-state index in [0.29, 0.717) is 16.8 Å². The molecule has 0 spiro atoms. The van der Waals surface area contributed by atoms with E-state index in [-0.39, 0.29) is 22.4 Å². The molecule has 0 radical (unpaired) electrons. The Hall–Kier alpha value is -3.79. The van der Waals surface area contributed by atoms with Gasteiger partial charge in [0.15, 0.2) is 5.13 Å². The first kappa shape index (κ1) is 22.9. The maximum atomic E-state index is 13.4. The number of rotatable bonds is 8. The van der Waals surface area contributed by atoms with E-state index < -0.39 is 29.5 Å². The monoisotopic (exact) mass is 456 g/mol. The number of hydrogen-bond donors (Lipinski definition) is 2. The lowest BCUT2D eigenvalue weighted by Crippen LogP contribution is -2.39. The summed E-state index contributed by atoms with van der Waals surface area (Å²) in [7, 11) is 0. The number of ether oxygens (including phenoxy) is 1. The fraction of sp³-hybridized carbons (Fsp3) is 0.182. The van der Waals surface area contributed by atoms with Crippen LogP contribution in [0.1, 0.15) is 39.4 Å². The molecule has 2 aromatic carbocycles. The Labute approximate surface area is 187 Å². The van der Waals surface area contributed by atoms with Crippen LogP contribution in [0, 0.1) is 5.82 Å². The number of aromatic nitrogens is 1. The molecule has 4 N–H and O–H groups in total. The molecule has 10 heteroatoms. The number of carbonyl (C=O) groups excluding carboxylic acids is 3. The second-order valence-corrected chi connectivity index (χ2v) is 7.74. The molecule has 0 aliphatic carbocycles. The quantitative estimate of drug-likeness (QED) is 0.393. The van der Waals surface area contributed by atoms with Gasteiger partial charge in [-0.25, -0.2) is 14.2 Å². The molecule has 166 valence electrons. The van der Waals surface area contributed by atoms with E-state index in [1.807, 2.05) is 0 Å². The van der Waals surface area contributed by atoms with Gasteiger partial charge in [0.05, 0.1) is 12.2 Å². The molecule has 32 heavy (non-hydrogen) atoms. The van der Waals surface area contributed by atoms with Crippen LogP contribution in [0.5, 0.6) is 0 Å². The number of primary amides is 1. The lowest BCUT2D eigenvalue weighted by molar-refractivity contribution is -0.118. The first-order valence-corrected chi connectivity index (χ1v) is 10.5. The summed E-state index contributed by atoms with van der Waals surface area (Å²) in [4.78, 5) is 42.6. The summed E-state index contributed by atoms with van der Waals surface area (Å²) in [5.74, 6) is -1.98. The minimum absolute atomic E-state index is 0.0201. The van der Waals surface area contributed by atoms with Gasteiger partial charge in [-0.3, -0.25) is 9.59 Å². The summed E-state index contributed by atoms with van der Waals surface area (Å²) in [6.07, 6.45) is 0. The molecule has 1 amide bonds. The van der Waals surface area contributed by atoms with Gasteiger partial charge < -0.3 is 21.1 Å². The SMILES string of the molecule is CCOC(=O)c1ccc(C(=O)c2sc(N(c3ccc(F)cc3)C(C)C(N)=O)nc2N)cc1.